The number of benzene rings is 2. The molecule has 0 heterocycles. The molecule has 0 saturated carbocycles. The first-order valence-corrected chi connectivity index (χ1v) is 7.51. The topological polar surface area (TPSA) is 75.6 Å². The van der Waals surface area contributed by atoms with Gasteiger partial charge in [-0.25, -0.2) is 9.59 Å². The highest BCUT2D eigenvalue weighted by Gasteiger charge is 2.06. The Morgan fingerprint density at radius 2 is 1.92 bits per heavy atom. The normalized spacial score (nSPS) is 10.5. The van der Waals surface area contributed by atoms with Crippen molar-refractivity contribution in [2.45, 2.75) is 13.5 Å². The minimum absolute atomic E-state index is 0.219. The second kappa shape index (κ2) is 8.53. The van der Waals surface area contributed by atoms with Crippen molar-refractivity contribution in [1.82, 2.24) is 5.32 Å². The first-order chi connectivity index (χ1) is 11.6. The summed E-state index contributed by atoms with van der Waals surface area (Å²) in [6, 6.07) is 14.6. The van der Waals surface area contributed by atoms with Gasteiger partial charge in [0, 0.05) is 6.54 Å². The highest BCUT2D eigenvalue weighted by Crippen LogP contribution is 2.12. The molecule has 2 N–H and O–H groups in total. The number of hydrogen-bond donors (Lipinski definition) is 2. The van der Waals surface area contributed by atoms with Gasteiger partial charge in [-0.05, 0) is 29.7 Å². The molecule has 0 unspecified atom stereocenters. The number of nitrogens with one attached hydrogen (secondary N) is 1. The predicted molar refractivity (Wildman–Crippen MR) is 91.8 cm³/mol. The van der Waals surface area contributed by atoms with Crippen molar-refractivity contribution < 1.29 is 19.4 Å². The lowest BCUT2D eigenvalue weighted by atomic mass is 10.0. The summed E-state index contributed by atoms with van der Waals surface area (Å²) in [5, 5.41) is 11.7. The van der Waals surface area contributed by atoms with Crippen LogP contribution < -0.4 is 5.32 Å². The zero-order valence-electron chi connectivity index (χ0n) is 13.4. The number of ether oxygens (including phenoxy) is 1. The maximum Gasteiger partial charge on any atom is 0.407 e. The molecule has 0 fully saturated rings. The molecule has 5 nitrogen and oxygen atoms in total. The molecule has 0 aromatic heterocycles. The predicted octanol–water partition coefficient (Wildman–Crippen LogP) is 3.63. The summed E-state index contributed by atoms with van der Waals surface area (Å²) in [6.07, 6.45) is 2.99. The largest absolute Gasteiger partial charge is 0.478 e. The zero-order valence-corrected chi connectivity index (χ0v) is 13.4. The summed E-state index contributed by atoms with van der Waals surface area (Å²) < 4.78 is 5.09. The quantitative estimate of drug-likeness (QED) is 0.850. The van der Waals surface area contributed by atoms with Gasteiger partial charge in [0.15, 0.2) is 0 Å². The first-order valence-electron chi connectivity index (χ1n) is 7.51. The second-order valence-corrected chi connectivity index (χ2v) is 5.22. The van der Waals surface area contributed by atoms with Crippen molar-refractivity contribution in [3.63, 3.8) is 0 Å². The van der Waals surface area contributed by atoms with Gasteiger partial charge in [-0.2, -0.15) is 0 Å². The number of hydrogen-bond acceptors (Lipinski definition) is 3. The Kier molecular flexibility index (Phi) is 6.14. The van der Waals surface area contributed by atoms with E-state index in [1.807, 2.05) is 36.4 Å². The molecule has 5 heteroatoms. The molecule has 124 valence electrons. The number of rotatable bonds is 6. The maximum absolute atomic E-state index is 11.6. The Morgan fingerprint density at radius 1 is 1.17 bits per heavy atom. The molecular weight excluding hydrogens is 306 g/mol. The molecule has 2 rings (SSSR count). The van der Waals surface area contributed by atoms with Gasteiger partial charge in [0.2, 0.25) is 0 Å². The lowest BCUT2D eigenvalue weighted by molar-refractivity contribution is 0.0696. The van der Waals surface area contributed by atoms with Gasteiger partial charge in [-0.15, -0.1) is 0 Å². The number of carbonyl (C=O) groups is 2. The smallest absolute Gasteiger partial charge is 0.407 e. The Labute approximate surface area is 140 Å². The average molecular weight is 325 g/mol. The van der Waals surface area contributed by atoms with E-state index in [1.54, 1.807) is 31.2 Å². The molecule has 0 spiro atoms. The molecule has 0 aliphatic rings. The van der Waals surface area contributed by atoms with Gasteiger partial charge in [0.25, 0.3) is 0 Å². The van der Waals surface area contributed by atoms with Crippen LogP contribution in [0, 0.1) is 6.92 Å². The minimum Gasteiger partial charge on any atom is -0.478 e. The summed E-state index contributed by atoms with van der Waals surface area (Å²) in [6.45, 7) is 2.27. The SMILES string of the molecule is Cc1ccc(C=CCNC(=O)OCc2ccccc2)cc1C(=O)O. The molecule has 0 bridgehead atoms. The van der Waals surface area contributed by atoms with E-state index < -0.39 is 12.1 Å². The highest BCUT2D eigenvalue weighted by atomic mass is 16.5. The summed E-state index contributed by atoms with van der Waals surface area (Å²) in [5.74, 6) is -0.953. The third-order valence-electron chi connectivity index (χ3n) is 3.38. The van der Waals surface area contributed by atoms with Gasteiger partial charge in [0.05, 0.1) is 5.56 Å². The number of amides is 1. The average Bonchev–Trinajstić information content (AvgIpc) is 2.59. The highest BCUT2D eigenvalue weighted by molar-refractivity contribution is 5.90. The molecule has 0 saturated heterocycles. The maximum atomic E-state index is 11.6. The van der Waals surface area contributed by atoms with E-state index >= 15 is 0 Å². The number of aryl methyl sites for hydroxylation is 1. The van der Waals surface area contributed by atoms with Crippen LogP contribution in [0.3, 0.4) is 0 Å². The van der Waals surface area contributed by atoms with E-state index in [2.05, 4.69) is 5.32 Å². The van der Waals surface area contributed by atoms with Gasteiger partial charge >= 0.3 is 12.1 Å². The van der Waals surface area contributed by atoms with Crippen LogP contribution in [0.4, 0.5) is 4.79 Å². The van der Waals surface area contributed by atoms with Crippen LogP contribution in [0.2, 0.25) is 0 Å². The molecule has 24 heavy (non-hydrogen) atoms. The van der Waals surface area contributed by atoms with Crippen molar-refractivity contribution in [3.8, 4) is 0 Å². The fourth-order valence-corrected chi connectivity index (χ4v) is 2.09. The molecule has 1 amide bonds. The van der Waals surface area contributed by atoms with Crippen LogP contribution in [0.15, 0.2) is 54.6 Å². The molecule has 2 aromatic carbocycles. The van der Waals surface area contributed by atoms with Gasteiger partial charge in [0.1, 0.15) is 6.61 Å². The molecular formula is C19H19NO4. The number of carboxylic acids is 1. The summed E-state index contributed by atoms with van der Waals surface area (Å²) in [5.41, 5.74) is 2.66. The van der Waals surface area contributed by atoms with Gasteiger partial charge in [-0.1, -0.05) is 54.6 Å². The lowest BCUT2D eigenvalue weighted by Gasteiger charge is -2.05. The number of alkyl carbamates (subject to hydrolysis) is 1. The fraction of sp³-hybridized carbons (Fsp3) is 0.158. The zero-order chi connectivity index (χ0) is 17.4. The number of carbonyl (C=O) groups excluding carboxylic acids is 1. The van der Waals surface area contributed by atoms with Crippen molar-refractivity contribution >= 4 is 18.1 Å². The monoisotopic (exact) mass is 325 g/mol. The Balaban J connectivity index is 1.79. The summed E-state index contributed by atoms with van der Waals surface area (Å²) in [7, 11) is 0. The van der Waals surface area contributed by atoms with E-state index in [0.717, 1.165) is 11.1 Å². The van der Waals surface area contributed by atoms with Crippen molar-refractivity contribution in [3.05, 3.63) is 76.9 Å². The van der Waals surface area contributed by atoms with Crippen LogP contribution in [0.5, 0.6) is 0 Å². The van der Waals surface area contributed by atoms with Crippen LogP contribution >= 0.6 is 0 Å². The first kappa shape index (κ1) is 17.3. The van der Waals surface area contributed by atoms with E-state index in [1.165, 1.54) is 0 Å². The third-order valence-corrected chi connectivity index (χ3v) is 3.38. The Bertz CT molecular complexity index is 738. The third kappa shape index (κ3) is 5.28. The minimum atomic E-state index is -0.953. The van der Waals surface area contributed by atoms with Crippen molar-refractivity contribution in [2.24, 2.45) is 0 Å². The van der Waals surface area contributed by atoms with E-state index in [-0.39, 0.29) is 12.2 Å². The van der Waals surface area contributed by atoms with Crippen LogP contribution in [-0.4, -0.2) is 23.7 Å². The molecule has 0 atom stereocenters. The van der Waals surface area contributed by atoms with E-state index in [0.29, 0.717) is 12.1 Å². The van der Waals surface area contributed by atoms with Gasteiger partial charge < -0.3 is 15.2 Å². The lowest BCUT2D eigenvalue weighted by Crippen LogP contribution is -2.24. The van der Waals surface area contributed by atoms with E-state index in [4.69, 9.17) is 9.84 Å². The summed E-state index contributed by atoms with van der Waals surface area (Å²) in [4.78, 5) is 22.7. The van der Waals surface area contributed by atoms with Gasteiger partial charge in [-0.3, -0.25) is 0 Å². The Morgan fingerprint density at radius 3 is 2.62 bits per heavy atom. The van der Waals surface area contributed by atoms with E-state index in [9.17, 15) is 9.59 Å². The molecule has 2 aromatic rings. The van der Waals surface area contributed by atoms with Crippen molar-refractivity contribution in [2.75, 3.05) is 6.54 Å². The Hall–Kier alpha value is -3.08. The fourth-order valence-electron chi connectivity index (χ4n) is 2.09. The van der Waals surface area contributed by atoms with Crippen LogP contribution in [-0.2, 0) is 11.3 Å². The number of carboxylic acid groups (broad SMARTS) is 1. The molecule has 0 radical (unpaired) electrons. The summed E-state index contributed by atoms with van der Waals surface area (Å²) >= 11 is 0. The van der Waals surface area contributed by atoms with Crippen LogP contribution in [0.1, 0.15) is 27.0 Å². The standard InChI is InChI=1S/C19H19NO4/c1-14-9-10-15(12-17(14)18(21)22)8-5-11-20-19(23)24-13-16-6-3-2-4-7-16/h2-10,12H,11,13H2,1H3,(H,20,23)(H,21,22). The second-order valence-electron chi connectivity index (χ2n) is 5.22. The van der Waals surface area contributed by atoms with Crippen LogP contribution in [0.25, 0.3) is 6.08 Å². The van der Waals surface area contributed by atoms with Crippen molar-refractivity contribution in [1.29, 1.82) is 0 Å². The molecule has 0 aliphatic heterocycles. The molecule has 0 aliphatic carbocycles. The number of aromatic carboxylic acids is 1.